The van der Waals surface area contributed by atoms with Gasteiger partial charge < -0.3 is 14.7 Å². The Bertz CT molecular complexity index is 1790. The van der Waals surface area contributed by atoms with Gasteiger partial charge in [-0.2, -0.15) is 0 Å². The molecule has 0 fully saturated rings. The maximum Gasteiger partial charge on any atom is 0.211 e. The zero-order chi connectivity index (χ0) is 30.5. The summed E-state index contributed by atoms with van der Waals surface area (Å²) < 4.78 is 5.36. The number of Topliss-reactive ketones (excluding diaryl/α,β-unsaturated/α-hetero) is 1. The first-order valence-corrected chi connectivity index (χ1v) is 13.8. The first kappa shape index (κ1) is 29.4. The molecule has 0 spiro atoms. The van der Waals surface area contributed by atoms with Crippen molar-refractivity contribution in [3.63, 3.8) is 0 Å². The maximum atomic E-state index is 13.7. The van der Waals surface area contributed by atoms with Crippen molar-refractivity contribution in [3.8, 4) is 5.75 Å². The van der Waals surface area contributed by atoms with Gasteiger partial charge in [0.15, 0.2) is 11.6 Å². The van der Waals surface area contributed by atoms with Crippen LogP contribution >= 0.6 is 11.6 Å². The molecule has 1 N–H and O–H groups in total. The molecule has 7 nitrogen and oxygen atoms in total. The van der Waals surface area contributed by atoms with Crippen molar-refractivity contribution in [1.82, 2.24) is 4.98 Å². The van der Waals surface area contributed by atoms with Gasteiger partial charge in [-0.3, -0.25) is 19.4 Å². The Morgan fingerprint density at radius 3 is 2.12 bits per heavy atom. The number of aromatic nitrogens is 1. The zero-order valence-corrected chi connectivity index (χ0v) is 24.2. The highest BCUT2D eigenvalue weighted by atomic mass is 35.5. The van der Waals surface area contributed by atoms with Crippen molar-refractivity contribution in [2.24, 2.45) is 0 Å². The number of ether oxygens (including phenoxy) is 1. The van der Waals surface area contributed by atoms with Gasteiger partial charge in [0.2, 0.25) is 5.78 Å². The van der Waals surface area contributed by atoms with Crippen LogP contribution in [0.1, 0.15) is 54.0 Å². The number of hydrogen-bond acceptors (Lipinski definition) is 7. The van der Waals surface area contributed by atoms with Gasteiger partial charge in [-0.1, -0.05) is 60.1 Å². The van der Waals surface area contributed by atoms with Crippen LogP contribution in [0.4, 0.5) is 11.4 Å². The van der Waals surface area contributed by atoms with E-state index in [1.807, 2.05) is 24.1 Å². The number of nitrogens with zero attached hydrogens (tertiary/aromatic N) is 2. The molecular formula is C35H27ClN2O5. The number of carbonyl (C=O) groups excluding carboxylic acids is 3. The van der Waals surface area contributed by atoms with E-state index in [-0.39, 0.29) is 27.9 Å². The predicted octanol–water partition coefficient (Wildman–Crippen LogP) is 6.89. The molecule has 5 aromatic rings. The highest BCUT2D eigenvalue weighted by Gasteiger charge is 2.27. The smallest absolute Gasteiger partial charge is 0.211 e. The van der Waals surface area contributed by atoms with Crippen LogP contribution in [-0.2, 0) is 0 Å². The summed E-state index contributed by atoms with van der Waals surface area (Å²) in [5.74, 6) is -1.30. The van der Waals surface area contributed by atoms with Gasteiger partial charge in [-0.05, 0) is 66.2 Å². The van der Waals surface area contributed by atoms with E-state index in [0.29, 0.717) is 16.3 Å². The quantitative estimate of drug-likeness (QED) is 0.177. The Kier molecular flexibility index (Phi) is 8.76. The lowest BCUT2D eigenvalue weighted by Crippen LogP contribution is -2.18. The number of methoxy groups -OCH3 is 1. The summed E-state index contributed by atoms with van der Waals surface area (Å²) in [7, 11) is 3.32. The molecule has 4 aromatic carbocycles. The molecule has 1 atom stereocenters. The Morgan fingerprint density at radius 1 is 0.767 bits per heavy atom. The summed E-state index contributed by atoms with van der Waals surface area (Å²) in [4.78, 5) is 47.1. The number of halogens is 1. The normalized spacial score (nSPS) is 11.4. The van der Waals surface area contributed by atoms with E-state index >= 15 is 0 Å². The van der Waals surface area contributed by atoms with Crippen molar-refractivity contribution in [1.29, 1.82) is 0 Å². The van der Waals surface area contributed by atoms with Gasteiger partial charge >= 0.3 is 0 Å². The second-order valence-corrected chi connectivity index (χ2v) is 10.2. The zero-order valence-electron chi connectivity index (χ0n) is 23.4. The van der Waals surface area contributed by atoms with Gasteiger partial charge in [0.1, 0.15) is 17.5 Å². The van der Waals surface area contributed by atoms with Crippen LogP contribution in [0.15, 0.2) is 115 Å². The van der Waals surface area contributed by atoms with Gasteiger partial charge in [0.05, 0.1) is 24.6 Å². The fraction of sp³-hybridized carbons (Fsp3) is 0.0857. The lowest BCUT2D eigenvalue weighted by Gasteiger charge is -2.19. The number of anilines is 2. The van der Waals surface area contributed by atoms with E-state index in [2.05, 4.69) is 4.98 Å². The van der Waals surface area contributed by atoms with Crippen LogP contribution in [0.3, 0.4) is 0 Å². The molecule has 0 bridgehead atoms. The number of pyridine rings is 1. The molecule has 8 heteroatoms. The SMILES string of the molecule is COc1ccccc1C(=O)c1ccc(C(=O)c2ccc(N(C)c3ccc(Cl)cc3)cn2)cc1C(=O)C(O)c1ccccc1. The number of benzene rings is 4. The third kappa shape index (κ3) is 6.23. The van der Waals surface area contributed by atoms with E-state index in [1.54, 1.807) is 85.1 Å². The molecule has 214 valence electrons. The third-order valence-corrected chi connectivity index (χ3v) is 7.34. The monoisotopic (exact) mass is 590 g/mol. The molecule has 0 aliphatic rings. The summed E-state index contributed by atoms with van der Waals surface area (Å²) in [6.07, 6.45) is 0.0312. The van der Waals surface area contributed by atoms with E-state index in [1.165, 1.54) is 25.3 Å². The summed E-state index contributed by atoms with van der Waals surface area (Å²) in [5, 5.41) is 11.6. The van der Waals surface area contributed by atoms with Crippen LogP contribution in [0, 0.1) is 0 Å². The van der Waals surface area contributed by atoms with Crippen LogP contribution in [0.5, 0.6) is 5.75 Å². The molecular weight excluding hydrogens is 564 g/mol. The van der Waals surface area contributed by atoms with Crippen molar-refractivity contribution < 1.29 is 24.2 Å². The lowest BCUT2D eigenvalue weighted by molar-refractivity contribution is 0.0744. The van der Waals surface area contributed by atoms with Crippen LogP contribution in [0.2, 0.25) is 5.02 Å². The fourth-order valence-electron chi connectivity index (χ4n) is 4.68. The predicted molar refractivity (Wildman–Crippen MR) is 166 cm³/mol. The fourth-order valence-corrected chi connectivity index (χ4v) is 4.81. The van der Waals surface area contributed by atoms with Crippen molar-refractivity contribution in [2.75, 3.05) is 19.1 Å². The van der Waals surface area contributed by atoms with E-state index in [9.17, 15) is 19.5 Å². The average molecular weight is 591 g/mol. The van der Waals surface area contributed by atoms with Crippen LogP contribution < -0.4 is 9.64 Å². The number of aliphatic hydroxyl groups excluding tert-OH is 1. The minimum Gasteiger partial charge on any atom is -0.496 e. The molecule has 0 saturated heterocycles. The van der Waals surface area contributed by atoms with Gasteiger partial charge in [-0.15, -0.1) is 0 Å². The maximum absolute atomic E-state index is 13.7. The molecule has 43 heavy (non-hydrogen) atoms. The van der Waals surface area contributed by atoms with Crippen LogP contribution in [0.25, 0.3) is 0 Å². The molecule has 0 aliphatic carbocycles. The van der Waals surface area contributed by atoms with E-state index < -0.39 is 23.5 Å². The van der Waals surface area contributed by atoms with Crippen molar-refractivity contribution in [2.45, 2.75) is 6.10 Å². The summed E-state index contributed by atoms with van der Waals surface area (Å²) >= 11 is 6.00. The van der Waals surface area contributed by atoms with Crippen molar-refractivity contribution in [3.05, 3.63) is 154 Å². The molecule has 0 saturated carbocycles. The van der Waals surface area contributed by atoms with Crippen LogP contribution in [-0.4, -0.2) is 41.6 Å². The summed E-state index contributed by atoms with van der Waals surface area (Å²) in [6.45, 7) is 0. The number of para-hydroxylation sites is 1. The molecule has 0 aliphatic heterocycles. The largest absolute Gasteiger partial charge is 0.496 e. The number of carbonyl (C=O) groups is 3. The number of ketones is 3. The molecule has 1 unspecified atom stereocenters. The highest BCUT2D eigenvalue weighted by Crippen LogP contribution is 2.29. The minimum absolute atomic E-state index is 0.0360. The van der Waals surface area contributed by atoms with E-state index in [4.69, 9.17) is 16.3 Å². The second kappa shape index (κ2) is 12.8. The lowest BCUT2D eigenvalue weighted by atomic mass is 9.89. The van der Waals surface area contributed by atoms with Crippen molar-refractivity contribution >= 4 is 40.3 Å². The molecule has 1 heterocycles. The molecule has 0 amide bonds. The van der Waals surface area contributed by atoms with Gasteiger partial charge in [0.25, 0.3) is 0 Å². The summed E-state index contributed by atoms with van der Waals surface area (Å²) in [5.41, 5.74) is 2.49. The number of hydrogen-bond donors (Lipinski definition) is 1. The Balaban J connectivity index is 1.51. The first-order chi connectivity index (χ1) is 20.8. The Labute approximate surface area is 254 Å². The van der Waals surface area contributed by atoms with Gasteiger partial charge in [-0.25, -0.2) is 0 Å². The first-order valence-electron chi connectivity index (χ1n) is 13.4. The summed E-state index contributed by atoms with van der Waals surface area (Å²) in [6, 6.07) is 30.0. The topological polar surface area (TPSA) is 96.8 Å². The molecule has 5 rings (SSSR count). The molecule has 0 radical (unpaired) electrons. The second-order valence-electron chi connectivity index (χ2n) is 9.73. The minimum atomic E-state index is -1.54. The third-order valence-electron chi connectivity index (χ3n) is 7.09. The van der Waals surface area contributed by atoms with Gasteiger partial charge in [0, 0.05) is 34.4 Å². The Morgan fingerprint density at radius 2 is 1.44 bits per heavy atom. The van der Waals surface area contributed by atoms with E-state index in [0.717, 1.165) is 11.4 Å². The molecule has 1 aromatic heterocycles. The average Bonchev–Trinajstić information content (AvgIpc) is 3.07. The number of aliphatic hydroxyl groups is 1. The standard InChI is InChI=1S/C35H27ClN2O5/c1-38(25-15-13-24(36)14-16-25)26-17-19-30(37-21-26)32(39)23-12-18-27(34(41)28-10-6-7-11-31(28)43-2)29(20-23)35(42)33(40)22-8-4-3-5-9-22/h3-21,33,40H,1-2H3. The number of rotatable bonds is 10. The Hall–Kier alpha value is -5.11. The highest BCUT2D eigenvalue weighted by molar-refractivity contribution is 6.30.